The van der Waals surface area contributed by atoms with Crippen molar-refractivity contribution in [1.29, 1.82) is 0 Å². The van der Waals surface area contributed by atoms with Crippen LogP contribution in [0.1, 0.15) is 51.1 Å². The fourth-order valence-corrected chi connectivity index (χ4v) is 3.01. The first-order valence-corrected chi connectivity index (χ1v) is 7.63. The molecule has 1 aromatic rings. The highest BCUT2D eigenvalue weighted by Crippen LogP contribution is 2.38. The Labute approximate surface area is 121 Å². The van der Waals surface area contributed by atoms with Crippen molar-refractivity contribution < 1.29 is 4.79 Å². The fraction of sp³-hybridized carbons (Fsp3) is 0.588. The Morgan fingerprint density at radius 2 is 1.95 bits per heavy atom. The highest BCUT2D eigenvalue weighted by molar-refractivity contribution is 5.83. The zero-order valence-electron chi connectivity index (χ0n) is 12.6. The Hall–Kier alpha value is -1.35. The molecule has 2 rings (SSSR count). The lowest BCUT2D eigenvalue weighted by Gasteiger charge is -2.38. The first-order valence-electron chi connectivity index (χ1n) is 7.63. The van der Waals surface area contributed by atoms with E-state index in [1.165, 1.54) is 0 Å². The Bertz CT molecular complexity index is 436. The van der Waals surface area contributed by atoms with E-state index in [0.717, 1.165) is 31.2 Å². The van der Waals surface area contributed by atoms with Crippen molar-refractivity contribution in [1.82, 2.24) is 5.32 Å². The third kappa shape index (κ3) is 3.21. The van der Waals surface area contributed by atoms with Gasteiger partial charge in [0.2, 0.25) is 5.91 Å². The maximum absolute atomic E-state index is 12.7. The number of benzene rings is 1. The van der Waals surface area contributed by atoms with Crippen molar-refractivity contribution in [3.05, 3.63) is 35.9 Å². The molecule has 0 aliphatic heterocycles. The molecule has 0 heterocycles. The van der Waals surface area contributed by atoms with Crippen molar-refractivity contribution >= 4 is 5.91 Å². The summed E-state index contributed by atoms with van der Waals surface area (Å²) in [6.07, 6.45) is 4.03. The van der Waals surface area contributed by atoms with Gasteiger partial charge < -0.3 is 11.1 Å². The van der Waals surface area contributed by atoms with Crippen molar-refractivity contribution in [2.75, 3.05) is 6.54 Å². The number of nitrogens with two attached hydrogens (primary N) is 1. The maximum Gasteiger partial charge on any atom is 0.227 e. The van der Waals surface area contributed by atoms with E-state index in [1.807, 2.05) is 37.3 Å². The molecule has 1 amide bonds. The second kappa shape index (κ2) is 6.40. The van der Waals surface area contributed by atoms with Crippen LogP contribution in [0.15, 0.2) is 30.3 Å². The summed E-state index contributed by atoms with van der Waals surface area (Å²) in [5.41, 5.74) is 6.72. The third-order valence-corrected chi connectivity index (χ3v) is 4.75. The van der Waals surface area contributed by atoms with Gasteiger partial charge in [-0.3, -0.25) is 4.79 Å². The van der Waals surface area contributed by atoms with Gasteiger partial charge in [0.25, 0.3) is 0 Å². The van der Waals surface area contributed by atoms with Crippen molar-refractivity contribution in [2.24, 2.45) is 17.1 Å². The number of amides is 1. The van der Waals surface area contributed by atoms with Gasteiger partial charge in [0.05, 0.1) is 11.5 Å². The van der Waals surface area contributed by atoms with E-state index in [-0.39, 0.29) is 17.4 Å². The molecule has 3 heteroatoms. The Morgan fingerprint density at radius 3 is 2.50 bits per heavy atom. The van der Waals surface area contributed by atoms with Gasteiger partial charge in [-0.15, -0.1) is 0 Å². The molecule has 1 atom stereocenters. The zero-order valence-corrected chi connectivity index (χ0v) is 12.6. The summed E-state index contributed by atoms with van der Waals surface area (Å²) in [5, 5.41) is 3.15. The van der Waals surface area contributed by atoms with Crippen LogP contribution >= 0.6 is 0 Å². The van der Waals surface area contributed by atoms with E-state index in [1.54, 1.807) is 0 Å². The van der Waals surface area contributed by atoms with Crippen LogP contribution in [-0.2, 0) is 4.79 Å². The monoisotopic (exact) mass is 274 g/mol. The Kier molecular flexibility index (Phi) is 4.81. The minimum atomic E-state index is -0.352. The van der Waals surface area contributed by atoms with Crippen LogP contribution in [-0.4, -0.2) is 12.5 Å². The van der Waals surface area contributed by atoms with Crippen LogP contribution in [0.25, 0.3) is 0 Å². The van der Waals surface area contributed by atoms with Crippen LogP contribution in [0.2, 0.25) is 0 Å². The summed E-state index contributed by atoms with van der Waals surface area (Å²) in [4.78, 5) is 12.7. The summed E-state index contributed by atoms with van der Waals surface area (Å²) in [7, 11) is 0. The minimum Gasteiger partial charge on any atom is -0.349 e. The molecule has 3 nitrogen and oxygen atoms in total. The normalized spacial score (nSPS) is 27.9. The van der Waals surface area contributed by atoms with E-state index in [9.17, 15) is 4.79 Å². The highest BCUT2D eigenvalue weighted by Gasteiger charge is 2.40. The molecular formula is C17H26N2O. The van der Waals surface area contributed by atoms with Crippen LogP contribution < -0.4 is 11.1 Å². The molecule has 1 fully saturated rings. The van der Waals surface area contributed by atoms with Crippen molar-refractivity contribution in [3.63, 3.8) is 0 Å². The topological polar surface area (TPSA) is 55.1 Å². The molecule has 1 aliphatic rings. The van der Waals surface area contributed by atoms with Crippen molar-refractivity contribution in [2.45, 2.75) is 45.6 Å². The molecule has 0 spiro atoms. The van der Waals surface area contributed by atoms with E-state index < -0.39 is 0 Å². The summed E-state index contributed by atoms with van der Waals surface area (Å²) in [6.45, 7) is 4.74. The van der Waals surface area contributed by atoms with Gasteiger partial charge in [0, 0.05) is 6.54 Å². The maximum atomic E-state index is 12.7. The Morgan fingerprint density at radius 1 is 1.35 bits per heavy atom. The molecule has 0 unspecified atom stereocenters. The molecule has 0 saturated heterocycles. The highest BCUT2D eigenvalue weighted by atomic mass is 16.2. The molecular weight excluding hydrogens is 248 g/mol. The summed E-state index contributed by atoms with van der Waals surface area (Å²) < 4.78 is 0. The number of carbonyl (C=O) groups excluding carboxylic acids is 1. The van der Waals surface area contributed by atoms with Gasteiger partial charge in [0.15, 0.2) is 0 Å². The predicted octanol–water partition coefficient (Wildman–Crippen LogP) is 3.02. The van der Waals surface area contributed by atoms with Crippen LogP contribution in [0.3, 0.4) is 0 Å². The number of hydrogen-bond donors (Lipinski definition) is 2. The quantitative estimate of drug-likeness (QED) is 0.886. The molecule has 1 aromatic carbocycles. The van der Waals surface area contributed by atoms with Gasteiger partial charge in [-0.25, -0.2) is 0 Å². The van der Waals surface area contributed by atoms with E-state index in [2.05, 4.69) is 12.2 Å². The van der Waals surface area contributed by atoms with Crippen molar-refractivity contribution in [3.8, 4) is 0 Å². The number of rotatable bonds is 4. The molecule has 3 N–H and O–H groups in total. The average molecular weight is 274 g/mol. The van der Waals surface area contributed by atoms with E-state index in [4.69, 9.17) is 5.73 Å². The summed E-state index contributed by atoms with van der Waals surface area (Å²) >= 11 is 0. The third-order valence-electron chi connectivity index (χ3n) is 4.75. The fourth-order valence-electron chi connectivity index (χ4n) is 3.01. The van der Waals surface area contributed by atoms with Crippen LogP contribution in [0.4, 0.5) is 0 Å². The summed E-state index contributed by atoms with van der Waals surface area (Å²) in [6, 6.07) is 10.1. The molecule has 0 bridgehead atoms. The predicted molar refractivity (Wildman–Crippen MR) is 82.1 cm³/mol. The lowest BCUT2D eigenvalue weighted by Crippen LogP contribution is -2.48. The van der Waals surface area contributed by atoms with Gasteiger partial charge >= 0.3 is 0 Å². The molecule has 110 valence electrons. The van der Waals surface area contributed by atoms with Gasteiger partial charge in [-0.1, -0.05) is 37.3 Å². The lowest BCUT2D eigenvalue weighted by molar-refractivity contribution is -0.133. The number of hydrogen-bond acceptors (Lipinski definition) is 2. The SMILES string of the molecule is CC1CCC(CN)(C(=O)N[C@@H](C)c2ccccc2)CC1. The lowest BCUT2D eigenvalue weighted by atomic mass is 9.70. The molecule has 1 saturated carbocycles. The number of carbonyl (C=O) groups is 1. The second-order valence-electron chi connectivity index (χ2n) is 6.27. The van der Waals surface area contributed by atoms with Gasteiger partial charge in [0.1, 0.15) is 0 Å². The average Bonchev–Trinajstić information content (AvgIpc) is 2.49. The van der Waals surface area contributed by atoms with E-state index in [0.29, 0.717) is 12.5 Å². The van der Waals surface area contributed by atoms with Crippen LogP contribution in [0.5, 0.6) is 0 Å². The molecule has 0 aromatic heterocycles. The van der Waals surface area contributed by atoms with Crippen LogP contribution in [0, 0.1) is 11.3 Å². The minimum absolute atomic E-state index is 0.0338. The second-order valence-corrected chi connectivity index (χ2v) is 6.27. The first kappa shape index (κ1) is 15.0. The van der Waals surface area contributed by atoms with Gasteiger partial charge in [-0.2, -0.15) is 0 Å². The molecule has 0 radical (unpaired) electrons. The van der Waals surface area contributed by atoms with E-state index >= 15 is 0 Å². The largest absolute Gasteiger partial charge is 0.349 e. The smallest absolute Gasteiger partial charge is 0.227 e. The standard InChI is InChI=1S/C17H26N2O/c1-13-8-10-17(12-18,11-9-13)16(20)19-14(2)15-6-4-3-5-7-15/h3-7,13-14H,8-12,18H2,1-2H3,(H,19,20)/t13?,14-,17?/m0/s1. The first-order chi connectivity index (χ1) is 9.57. The molecule has 20 heavy (non-hydrogen) atoms. The van der Waals surface area contributed by atoms with Gasteiger partial charge in [-0.05, 0) is 44.1 Å². The zero-order chi connectivity index (χ0) is 14.6. The Balaban J connectivity index is 2.03. The number of nitrogens with one attached hydrogen (secondary N) is 1. The molecule has 1 aliphatic carbocycles. The summed E-state index contributed by atoms with van der Waals surface area (Å²) in [5.74, 6) is 0.845.